The smallest absolute Gasteiger partial charge is 0.242 e. The monoisotopic (exact) mass is 282 g/mol. The Morgan fingerprint density at radius 3 is 2.48 bits per heavy atom. The van der Waals surface area contributed by atoms with Gasteiger partial charge in [-0.2, -0.15) is 5.26 Å². The van der Waals surface area contributed by atoms with Crippen LogP contribution >= 0.6 is 0 Å². The van der Waals surface area contributed by atoms with E-state index in [1.165, 1.54) is 0 Å². The molecule has 0 aliphatic rings. The Kier molecular flexibility index (Phi) is 4.44. The van der Waals surface area contributed by atoms with Crippen LogP contribution in [0.2, 0.25) is 0 Å². The maximum atomic E-state index is 12.3. The number of hydrogen-bond acceptors (Lipinski definition) is 3. The Bertz CT molecular complexity index is 668. The minimum absolute atomic E-state index is 0.200. The molecule has 0 aliphatic carbocycles. The number of carbonyl (C=O) groups excluding carboxylic acids is 1. The Hall–Kier alpha value is -2.54. The van der Waals surface area contributed by atoms with Gasteiger partial charge in [-0.3, -0.25) is 4.79 Å². The van der Waals surface area contributed by atoms with Crippen LogP contribution in [-0.2, 0) is 4.79 Å². The van der Waals surface area contributed by atoms with Crippen LogP contribution in [0.1, 0.15) is 41.5 Å². The number of nitriles is 1. The zero-order valence-corrected chi connectivity index (χ0v) is 12.4. The summed E-state index contributed by atoms with van der Waals surface area (Å²) in [5.41, 5.74) is 1.63. The second-order valence-corrected chi connectivity index (χ2v) is 5.07. The van der Waals surface area contributed by atoms with E-state index < -0.39 is 5.92 Å². The number of nitrogens with zero attached hydrogens (tertiary/aromatic N) is 1. The summed E-state index contributed by atoms with van der Waals surface area (Å²) in [6.45, 7) is 5.62. The van der Waals surface area contributed by atoms with Gasteiger partial charge in [-0.15, -0.1) is 0 Å². The first-order valence-corrected chi connectivity index (χ1v) is 6.84. The fourth-order valence-corrected chi connectivity index (χ4v) is 2.38. The van der Waals surface area contributed by atoms with Crippen LogP contribution in [0.3, 0.4) is 0 Å². The molecule has 1 aromatic carbocycles. The molecule has 4 heteroatoms. The van der Waals surface area contributed by atoms with Gasteiger partial charge in [0.1, 0.15) is 17.4 Å². The third kappa shape index (κ3) is 3.32. The Labute approximate surface area is 124 Å². The van der Waals surface area contributed by atoms with Gasteiger partial charge in [-0.1, -0.05) is 30.3 Å². The van der Waals surface area contributed by atoms with Crippen molar-refractivity contribution in [2.75, 3.05) is 0 Å². The lowest BCUT2D eigenvalue weighted by molar-refractivity contribution is -0.122. The number of nitrogens with one attached hydrogen (secondary N) is 1. The number of furan rings is 1. The summed E-state index contributed by atoms with van der Waals surface area (Å²) < 4.78 is 5.47. The van der Waals surface area contributed by atoms with E-state index in [2.05, 4.69) is 11.4 Å². The van der Waals surface area contributed by atoms with Crippen molar-refractivity contribution in [3.63, 3.8) is 0 Å². The lowest BCUT2D eigenvalue weighted by atomic mass is 9.99. The van der Waals surface area contributed by atoms with Crippen LogP contribution in [0, 0.1) is 25.2 Å². The summed E-state index contributed by atoms with van der Waals surface area (Å²) in [5, 5.41) is 12.1. The van der Waals surface area contributed by atoms with Crippen molar-refractivity contribution in [1.29, 1.82) is 5.26 Å². The molecule has 0 saturated carbocycles. The van der Waals surface area contributed by atoms with Crippen LogP contribution in [-0.4, -0.2) is 5.91 Å². The molecule has 0 bridgehead atoms. The van der Waals surface area contributed by atoms with E-state index in [9.17, 15) is 10.1 Å². The summed E-state index contributed by atoms with van der Waals surface area (Å²) in [7, 11) is 0. The van der Waals surface area contributed by atoms with Crippen molar-refractivity contribution >= 4 is 5.91 Å². The van der Waals surface area contributed by atoms with Crippen molar-refractivity contribution < 1.29 is 9.21 Å². The van der Waals surface area contributed by atoms with E-state index in [4.69, 9.17) is 4.42 Å². The molecule has 1 aromatic heterocycles. The molecular weight excluding hydrogens is 264 g/mol. The van der Waals surface area contributed by atoms with Crippen LogP contribution in [0.5, 0.6) is 0 Å². The third-order valence-corrected chi connectivity index (χ3v) is 3.43. The van der Waals surface area contributed by atoms with Gasteiger partial charge in [0.25, 0.3) is 0 Å². The molecule has 0 aliphatic heterocycles. The van der Waals surface area contributed by atoms with Crippen LogP contribution in [0.25, 0.3) is 0 Å². The van der Waals surface area contributed by atoms with E-state index in [1.807, 2.05) is 45.0 Å². The van der Waals surface area contributed by atoms with Gasteiger partial charge in [0.15, 0.2) is 0 Å². The molecule has 2 atom stereocenters. The van der Waals surface area contributed by atoms with Crippen LogP contribution in [0.4, 0.5) is 0 Å². The summed E-state index contributed by atoms with van der Waals surface area (Å²) in [5.74, 6) is 0.494. The van der Waals surface area contributed by atoms with E-state index in [1.54, 1.807) is 12.1 Å². The van der Waals surface area contributed by atoms with Gasteiger partial charge in [0, 0.05) is 5.56 Å². The molecule has 0 saturated heterocycles. The van der Waals surface area contributed by atoms with Crippen molar-refractivity contribution in [2.24, 2.45) is 0 Å². The SMILES string of the molecule is Cc1cc(C(C)NC(=O)C(C#N)c2ccccc2)c(C)o1. The Morgan fingerprint density at radius 1 is 1.29 bits per heavy atom. The minimum atomic E-state index is -0.804. The molecule has 108 valence electrons. The highest BCUT2D eigenvalue weighted by Gasteiger charge is 2.23. The van der Waals surface area contributed by atoms with Crippen LogP contribution in [0.15, 0.2) is 40.8 Å². The largest absolute Gasteiger partial charge is 0.466 e. The van der Waals surface area contributed by atoms with E-state index >= 15 is 0 Å². The minimum Gasteiger partial charge on any atom is -0.466 e. The second kappa shape index (κ2) is 6.27. The number of hydrogen-bond donors (Lipinski definition) is 1. The molecule has 2 rings (SSSR count). The summed E-state index contributed by atoms with van der Waals surface area (Å²) >= 11 is 0. The lowest BCUT2D eigenvalue weighted by Crippen LogP contribution is -2.31. The molecule has 0 fully saturated rings. The molecule has 4 nitrogen and oxygen atoms in total. The van der Waals surface area contributed by atoms with Gasteiger partial charge in [-0.25, -0.2) is 0 Å². The number of aryl methyl sites for hydroxylation is 2. The number of rotatable bonds is 4. The maximum Gasteiger partial charge on any atom is 0.242 e. The van der Waals surface area contributed by atoms with Crippen LogP contribution < -0.4 is 5.32 Å². The van der Waals surface area contributed by atoms with Gasteiger partial charge >= 0.3 is 0 Å². The van der Waals surface area contributed by atoms with E-state index in [0.29, 0.717) is 5.56 Å². The van der Waals surface area contributed by atoms with Gasteiger partial charge in [0.2, 0.25) is 5.91 Å². The summed E-state index contributed by atoms with van der Waals surface area (Å²) in [4.78, 5) is 12.3. The van der Waals surface area contributed by atoms with Crippen molar-refractivity contribution in [2.45, 2.75) is 32.7 Å². The first kappa shape index (κ1) is 14.9. The highest BCUT2D eigenvalue weighted by atomic mass is 16.3. The Balaban J connectivity index is 2.13. The van der Waals surface area contributed by atoms with Crippen molar-refractivity contribution in [1.82, 2.24) is 5.32 Å². The third-order valence-electron chi connectivity index (χ3n) is 3.43. The molecule has 21 heavy (non-hydrogen) atoms. The molecule has 1 heterocycles. The Morgan fingerprint density at radius 2 is 1.95 bits per heavy atom. The molecule has 1 N–H and O–H groups in total. The fourth-order valence-electron chi connectivity index (χ4n) is 2.38. The second-order valence-electron chi connectivity index (χ2n) is 5.07. The first-order valence-electron chi connectivity index (χ1n) is 6.84. The average molecular weight is 282 g/mol. The highest BCUT2D eigenvalue weighted by Crippen LogP contribution is 2.23. The molecular formula is C17H18N2O2. The average Bonchev–Trinajstić information content (AvgIpc) is 2.80. The zero-order valence-electron chi connectivity index (χ0n) is 12.4. The predicted octanol–water partition coefficient (Wildman–Crippen LogP) is 3.38. The van der Waals surface area contributed by atoms with Gasteiger partial charge < -0.3 is 9.73 Å². The number of amides is 1. The quantitative estimate of drug-likeness (QED) is 0.934. The molecule has 1 amide bonds. The van der Waals surface area contributed by atoms with Crippen molar-refractivity contribution in [3.8, 4) is 6.07 Å². The standard InChI is InChI=1S/C17H18N2O2/c1-11-9-15(13(3)21-11)12(2)19-17(20)16(10-18)14-7-5-4-6-8-14/h4-9,12,16H,1-3H3,(H,19,20). The van der Waals surface area contributed by atoms with Gasteiger partial charge in [0.05, 0.1) is 12.1 Å². The summed E-state index contributed by atoms with van der Waals surface area (Å²) in [6.07, 6.45) is 0. The maximum absolute atomic E-state index is 12.3. The molecule has 2 unspecified atom stereocenters. The molecule has 0 radical (unpaired) electrons. The number of carbonyl (C=O) groups is 1. The van der Waals surface area contributed by atoms with Crippen molar-refractivity contribution in [3.05, 3.63) is 59.0 Å². The summed E-state index contributed by atoms with van der Waals surface area (Å²) in [6, 6.07) is 12.8. The normalized spacial score (nSPS) is 13.2. The zero-order chi connectivity index (χ0) is 15.4. The van der Waals surface area contributed by atoms with E-state index in [-0.39, 0.29) is 11.9 Å². The molecule has 2 aromatic rings. The number of benzene rings is 1. The fraction of sp³-hybridized carbons (Fsp3) is 0.294. The topological polar surface area (TPSA) is 66.0 Å². The van der Waals surface area contributed by atoms with E-state index in [0.717, 1.165) is 17.1 Å². The lowest BCUT2D eigenvalue weighted by Gasteiger charge is -2.16. The van der Waals surface area contributed by atoms with Gasteiger partial charge in [-0.05, 0) is 32.4 Å². The highest BCUT2D eigenvalue weighted by molar-refractivity contribution is 5.86. The first-order chi connectivity index (χ1) is 10.0. The predicted molar refractivity (Wildman–Crippen MR) is 79.5 cm³/mol. The molecule has 0 spiro atoms.